The largest absolute Gasteiger partial charge is 0.443 e. The summed E-state index contributed by atoms with van der Waals surface area (Å²) in [4.78, 5) is 0. The van der Waals surface area contributed by atoms with Gasteiger partial charge in [0.25, 0.3) is 0 Å². The lowest BCUT2D eigenvalue weighted by Gasteiger charge is -2.48. The summed E-state index contributed by atoms with van der Waals surface area (Å²) in [6.07, 6.45) is -0.280. The maximum atomic E-state index is 10.3. The maximum absolute atomic E-state index is 10.3. The summed E-state index contributed by atoms with van der Waals surface area (Å²) >= 11 is 6.05. The highest BCUT2D eigenvalue weighted by atomic mass is 35.5. The van der Waals surface area contributed by atoms with Crippen LogP contribution in [0.5, 0.6) is 0 Å². The molecule has 154 valence electrons. The van der Waals surface area contributed by atoms with Gasteiger partial charge in [-0.2, -0.15) is 15.8 Å². The van der Waals surface area contributed by atoms with Crippen LogP contribution in [-0.4, -0.2) is 5.90 Å². The summed E-state index contributed by atoms with van der Waals surface area (Å²) in [7, 11) is 0. The molecule has 2 saturated heterocycles. The molecule has 4 rings (SSSR count). The van der Waals surface area contributed by atoms with E-state index in [0.29, 0.717) is 16.1 Å². The Kier molecular flexibility index (Phi) is 4.78. The van der Waals surface area contributed by atoms with Crippen LogP contribution in [0, 0.1) is 56.2 Å². The molecule has 31 heavy (non-hydrogen) atoms. The van der Waals surface area contributed by atoms with Crippen LogP contribution in [0.25, 0.3) is 0 Å². The first kappa shape index (κ1) is 20.9. The van der Waals surface area contributed by atoms with Gasteiger partial charge in [0.2, 0.25) is 17.1 Å². The van der Waals surface area contributed by atoms with E-state index >= 15 is 0 Å². The number of nitrogens with one attached hydrogen (secondary N) is 1. The molecule has 2 aliphatic heterocycles. The fourth-order valence-electron chi connectivity index (χ4n) is 4.78. The monoisotopic (exact) mass is 430 g/mol. The topological polar surface area (TPSA) is 114 Å². The molecule has 2 aliphatic rings. The molecule has 2 bridgehead atoms. The van der Waals surface area contributed by atoms with Crippen molar-refractivity contribution >= 4 is 17.5 Å². The molecular formula is C24H19ClN4O2. The fraction of sp³-hybridized carbons (Fsp3) is 0.333. The molecule has 7 heteroatoms. The van der Waals surface area contributed by atoms with Gasteiger partial charge < -0.3 is 9.47 Å². The van der Waals surface area contributed by atoms with Crippen molar-refractivity contribution in [3.63, 3.8) is 0 Å². The van der Waals surface area contributed by atoms with Crippen LogP contribution in [-0.2, 0) is 21.7 Å². The van der Waals surface area contributed by atoms with Crippen molar-refractivity contribution in [1.29, 1.82) is 21.2 Å². The minimum absolute atomic E-state index is 0.437. The first-order valence-electron chi connectivity index (χ1n) is 9.89. The van der Waals surface area contributed by atoms with Gasteiger partial charge in [-0.3, -0.25) is 5.41 Å². The highest BCUT2D eigenvalue weighted by molar-refractivity contribution is 6.30. The van der Waals surface area contributed by atoms with E-state index in [1.54, 1.807) is 43.3 Å². The quantitative estimate of drug-likeness (QED) is 0.734. The average molecular weight is 431 g/mol. The third-order valence-corrected chi connectivity index (χ3v) is 6.86. The highest BCUT2D eigenvalue weighted by Crippen LogP contribution is 2.68. The molecule has 0 spiro atoms. The number of hydrogen-bond donors (Lipinski definition) is 1. The predicted molar refractivity (Wildman–Crippen MR) is 112 cm³/mol. The standard InChI is InChI=1S/C24H19ClN4O2/c1-3-16-4-6-17(7-5-16)20-22(12-26,13-27)23(14-28)15(2)24(30-20,31-21(23)29)18-8-10-19(25)11-9-18/h4-11,15,20,29H,3H2,1-2H3. The molecule has 2 heterocycles. The zero-order valence-corrected chi connectivity index (χ0v) is 17.8. The second kappa shape index (κ2) is 7.10. The van der Waals surface area contributed by atoms with E-state index in [-0.39, 0.29) is 0 Å². The molecule has 2 fully saturated rings. The van der Waals surface area contributed by atoms with Crippen molar-refractivity contribution < 1.29 is 9.47 Å². The highest BCUT2D eigenvalue weighted by Gasteiger charge is 2.79. The Morgan fingerprint density at radius 3 is 2.13 bits per heavy atom. The predicted octanol–water partition coefficient (Wildman–Crippen LogP) is 5.01. The lowest BCUT2D eigenvalue weighted by Crippen LogP contribution is -2.57. The van der Waals surface area contributed by atoms with Gasteiger partial charge in [-0.1, -0.05) is 61.8 Å². The number of fused-ring (bicyclic) bond motifs is 2. The normalized spacial score (nSPS) is 30.5. The zero-order chi connectivity index (χ0) is 22.4. The van der Waals surface area contributed by atoms with Gasteiger partial charge in [0, 0.05) is 10.6 Å². The molecule has 0 aromatic heterocycles. The van der Waals surface area contributed by atoms with Crippen LogP contribution in [0.1, 0.15) is 36.6 Å². The summed E-state index contributed by atoms with van der Waals surface area (Å²) in [5.41, 5.74) is -1.57. The van der Waals surface area contributed by atoms with Crippen molar-refractivity contribution in [1.82, 2.24) is 0 Å². The summed E-state index contributed by atoms with van der Waals surface area (Å²) < 4.78 is 12.4. The second-order valence-electron chi connectivity index (χ2n) is 7.87. The van der Waals surface area contributed by atoms with Crippen LogP contribution in [0.3, 0.4) is 0 Å². The minimum Gasteiger partial charge on any atom is -0.443 e. The van der Waals surface area contributed by atoms with Crippen LogP contribution in [0.2, 0.25) is 5.02 Å². The Morgan fingerprint density at radius 2 is 1.61 bits per heavy atom. The van der Waals surface area contributed by atoms with Gasteiger partial charge in [-0.25, -0.2) is 0 Å². The number of nitrogens with zero attached hydrogens (tertiary/aromatic N) is 3. The number of ether oxygens (including phenoxy) is 2. The number of nitriles is 3. The van der Waals surface area contributed by atoms with E-state index in [1.807, 2.05) is 19.1 Å². The molecule has 0 radical (unpaired) electrons. The number of hydrogen-bond acceptors (Lipinski definition) is 6. The van der Waals surface area contributed by atoms with Crippen molar-refractivity contribution in [2.75, 3.05) is 0 Å². The first-order chi connectivity index (χ1) is 14.8. The third-order valence-electron chi connectivity index (χ3n) is 6.61. The van der Waals surface area contributed by atoms with E-state index in [0.717, 1.165) is 12.0 Å². The van der Waals surface area contributed by atoms with Gasteiger partial charge >= 0.3 is 0 Å². The minimum atomic E-state index is -1.97. The molecule has 1 N–H and O–H groups in total. The van der Waals surface area contributed by atoms with Gasteiger partial charge in [0.1, 0.15) is 6.10 Å². The molecule has 2 aromatic carbocycles. The van der Waals surface area contributed by atoms with Crippen LogP contribution in [0.4, 0.5) is 0 Å². The van der Waals surface area contributed by atoms with Crippen LogP contribution >= 0.6 is 11.6 Å². The Bertz CT molecular complexity index is 1160. The van der Waals surface area contributed by atoms with E-state index in [1.165, 1.54) is 0 Å². The van der Waals surface area contributed by atoms with E-state index in [2.05, 4.69) is 18.2 Å². The molecule has 4 atom stereocenters. The molecule has 4 unspecified atom stereocenters. The van der Waals surface area contributed by atoms with Gasteiger partial charge in [-0.05, 0) is 29.7 Å². The summed E-state index contributed by atoms with van der Waals surface area (Å²) in [5.74, 6) is -2.75. The van der Waals surface area contributed by atoms with Crippen molar-refractivity contribution in [2.24, 2.45) is 16.7 Å². The SMILES string of the molecule is CCc1ccc(C2OC3(c4ccc(Cl)cc4)OC(=N)C(C#N)(C3C)C2(C#N)C#N)cc1. The van der Waals surface area contributed by atoms with Crippen molar-refractivity contribution in [3.05, 3.63) is 70.2 Å². The Morgan fingerprint density at radius 1 is 1.00 bits per heavy atom. The number of halogens is 1. The Balaban J connectivity index is 2.00. The second-order valence-corrected chi connectivity index (χ2v) is 8.31. The third kappa shape index (κ3) is 2.48. The lowest BCUT2D eigenvalue weighted by molar-refractivity contribution is -0.288. The van der Waals surface area contributed by atoms with Crippen LogP contribution in [0.15, 0.2) is 48.5 Å². The van der Waals surface area contributed by atoms with Crippen LogP contribution < -0.4 is 0 Å². The number of aryl methyl sites for hydroxylation is 1. The number of benzene rings is 2. The average Bonchev–Trinajstić information content (AvgIpc) is 2.96. The molecule has 0 saturated carbocycles. The van der Waals surface area contributed by atoms with Gasteiger partial charge in [0.05, 0.1) is 24.1 Å². The maximum Gasteiger partial charge on any atom is 0.244 e. The lowest BCUT2D eigenvalue weighted by atomic mass is 9.53. The molecule has 2 aromatic rings. The fourth-order valence-corrected chi connectivity index (χ4v) is 4.90. The smallest absolute Gasteiger partial charge is 0.244 e. The molecular weight excluding hydrogens is 412 g/mol. The molecule has 6 nitrogen and oxygen atoms in total. The van der Waals surface area contributed by atoms with Crippen molar-refractivity contribution in [3.8, 4) is 18.2 Å². The summed E-state index contributed by atoms with van der Waals surface area (Å²) in [5, 5.41) is 39.9. The zero-order valence-electron chi connectivity index (χ0n) is 17.0. The Labute approximate surface area is 185 Å². The number of rotatable bonds is 3. The van der Waals surface area contributed by atoms with Crippen molar-refractivity contribution in [2.45, 2.75) is 32.2 Å². The van der Waals surface area contributed by atoms with E-state index < -0.39 is 34.5 Å². The molecule has 0 amide bonds. The Hall–Kier alpha value is -3.37. The molecule has 0 aliphatic carbocycles. The first-order valence-corrected chi connectivity index (χ1v) is 10.3. The summed E-state index contributed by atoms with van der Waals surface area (Å²) in [6, 6.07) is 20.4. The van der Waals surface area contributed by atoms with E-state index in [4.69, 9.17) is 26.5 Å². The van der Waals surface area contributed by atoms with Gasteiger partial charge in [0.15, 0.2) is 5.41 Å². The van der Waals surface area contributed by atoms with E-state index in [9.17, 15) is 15.8 Å². The summed E-state index contributed by atoms with van der Waals surface area (Å²) in [6.45, 7) is 3.71. The van der Waals surface area contributed by atoms with Gasteiger partial charge in [-0.15, -0.1) is 0 Å².